The summed E-state index contributed by atoms with van der Waals surface area (Å²) in [6.45, 7) is 2.20. The fourth-order valence-electron chi connectivity index (χ4n) is 3.36. The quantitative estimate of drug-likeness (QED) is 0.376. The van der Waals surface area contributed by atoms with E-state index in [9.17, 15) is 17.6 Å². The molecule has 1 saturated heterocycles. The molecule has 182 valence electrons. The lowest BCUT2D eigenvalue weighted by atomic mass is 10.1. The van der Waals surface area contributed by atoms with Gasteiger partial charge in [0.25, 0.3) is 0 Å². The van der Waals surface area contributed by atoms with Crippen molar-refractivity contribution in [3.63, 3.8) is 0 Å². The number of nitrogens with one attached hydrogen (secondary N) is 2. The van der Waals surface area contributed by atoms with Crippen molar-refractivity contribution in [2.45, 2.75) is 38.3 Å². The summed E-state index contributed by atoms with van der Waals surface area (Å²) in [6, 6.07) is 8.05. The third kappa shape index (κ3) is 6.49. The van der Waals surface area contributed by atoms with Crippen LogP contribution in [0.2, 0.25) is 5.02 Å². The third-order valence-corrected chi connectivity index (χ3v) is 6.24. The number of rotatable bonds is 8. The van der Waals surface area contributed by atoms with Gasteiger partial charge in [-0.15, -0.1) is 10.2 Å². The number of benzene rings is 2. The van der Waals surface area contributed by atoms with Gasteiger partial charge in [-0.25, -0.2) is 4.39 Å². The lowest BCUT2D eigenvalue weighted by molar-refractivity contribution is -0.140. The van der Waals surface area contributed by atoms with Crippen LogP contribution in [0.3, 0.4) is 0 Å². The van der Waals surface area contributed by atoms with Crippen molar-refractivity contribution in [1.82, 2.24) is 15.5 Å². The molecule has 1 aliphatic rings. The number of nitrogens with zero attached hydrogens (tertiary/aromatic N) is 2. The van der Waals surface area contributed by atoms with Crippen LogP contribution in [-0.2, 0) is 19.3 Å². The molecule has 0 bridgehead atoms. The first-order valence-corrected chi connectivity index (χ1v) is 11.7. The largest absolute Gasteiger partial charge is 0.489 e. The number of aromatic nitrogens is 2. The van der Waals surface area contributed by atoms with Gasteiger partial charge in [0, 0.05) is 6.54 Å². The number of piperidine rings is 1. The zero-order chi connectivity index (χ0) is 24.1. The highest BCUT2D eigenvalue weighted by molar-refractivity contribution is 7.15. The van der Waals surface area contributed by atoms with Gasteiger partial charge in [-0.05, 0) is 61.8 Å². The zero-order valence-electron chi connectivity index (χ0n) is 17.8. The van der Waals surface area contributed by atoms with Gasteiger partial charge in [-0.2, -0.15) is 13.2 Å². The Morgan fingerprint density at radius 2 is 1.91 bits per heavy atom. The SMILES string of the molecule is Fc1ccc(OCc2nnc(NCc3ccc(OC4CCNCC4)c(Cl)c3)s2)cc1C(F)(F)F. The van der Waals surface area contributed by atoms with E-state index in [2.05, 4.69) is 20.8 Å². The van der Waals surface area contributed by atoms with E-state index in [1.165, 1.54) is 11.3 Å². The van der Waals surface area contributed by atoms with E-state index < -0.39 is 17.6 Å². The molecule has 12 heteroatoms. The highest BCUT2D eigenvalue weighted by Crippen LogP contribution is 2.34. The van der Waals surface area contributed by atoms with E-state index in [1.807, 2.05) is 18.2 Å². The average Bonchev–Trinajstić information content (AvgIpc) is 3.26. The van der Waals surface area contributed by atoms with Crippen molar-refractivity contribution < 1.29 is 27.0 Å². The third-order valence-electron chi connectivity index (χ3n) is 5.09. The molecule has 0 atom stereocenters. The molecule has 3 aromatic rings. The zero-order valence-corrected chi connectivity index (χ0v) is 19.4. The van der Waals surface area contributed by atoms with E-state index >= 15 is 0 Å². The van der Waals surface area contributed by atoms with Gasteiger partial charge in [0.05, 0.1) is 10.6 Å². The van der Waals surface area contributed by atoms with Crippen LogP contribution in [0.4, 0.5) is 22.7 Å². The van der Waals surface area contributed by atoms with E-state index in [0.717, 1.165) is 43.6 Å². The Morgan fingerprint density at radius 3 is 2.65 bits per heavy atom. The van der Waals surface area contributed by atoms with Crippen molar-refractivity contribution >= 4 is 28.1 Å². The monoisotopic (exact) mass is 516 g/mol. The fourth-order valence-corrected chi connectivity index (χ4v) is 4.26. The molecular weight excluding hydrogens is 496 g/mol. The molecule has 1 aliphatic heterocycles. The molecular formula is C22H21ClF4N4O2S. The van der Waals surface area contributed by atoms with Gasteiger partial charge in [0.1, 0.15) is 30.0 Å². The maximum Gasteiger partial charge on any atom is 0.419 e. The first-order valence-electron chi connectivity index (χ1n) is 10.5. The second kappa shape index (κ2) is 10.7. The van der Waals surface area contributed by atoms with Crippen LogP contribution in [0.25, 0.3) is 0 Å². The summed E-state index contributed by atoms with van der Waals surface area (Å²) >= 11 is 7.58. The molecule has 2 aromatic carbocycles. The maximum absolute atomic E-state index is 13.4. The molecule has 2 N–H and O–H groups in total. The summed E-state index contributed by atoms with van der Waals surface area (Å²) < 4.78 is 63.2. The van der Waals surface area contributed by atoms with E-state index in [4.69, 9.17) is 21.1 Å². The van der Waals surface area contributed by atoms with Crippen molar-refractivity contribution in [3.8, 4) is 11.5 Å². The second-order valence-electron chi connectivity index (χ2n) is 7.61. The Morgan fingerprint density at radius 1 is 1.12 bits per heavy atom. The fraction of sp³-hybridized carbons (Fsp3) is 0.364. The van der Waals surface area contributed by atoms with Gasteiger partial charge in [0.15, 0.2) is 5.01 Å². The van der Waals surface area contributed by atoms with Crippen molar-refractivity contribution in [2.75, 3.05) is 18.4 Å². The number of hydrogen-bond acceptors (Lipinski definition) is 7. The Kier molecular flexibility index (Phi) is 7.74. The molecule has 1 aromatic heterocycles. The minimum atomic E-state index is -4.80. The minimum Gasteiger partial charge on any atom is -0.489 e. The van der Waals surface area contributed by atoms with Gasteiger partial charge < -0.3 is 20.1 Å². The lowest BCUT2D eigenvalue weighted by Crippen LogP contribution is -2.34. The normalized spacial score (nSPS) is 14.7. The number of halogens is 5. The first kappa shape index (κ1) is 24.5. The average molecular weight is 517 g/mol. The Labute approximate surface area is 202 Å². The number of anilines is 1. The van der Waals surface area contributed by atoms with E-state index in [-0.39, 0.29) is 18.5 Å². The molecule has 0 amide bonds. The van der Waals surface area contributed by atoms with Gasteiger partial charge in [-0.1, -0.05) is 29.0 Å². The predicted octanol–water partition coefficient (Wildman–Crippen LogP) is 5.67. The van der Waals surface area contributed by atoms with Crippen LogP contribution in [-0.4, -0.2) is 29.4 Å². The molecule has 0 radical (unpaired) electrons. The topological polar surface area (TPSA) is 68.3 Å². The van der Waals surface area contributed by atoms with Gasteiger partial charge in [0.2, 0.25) is 5.13 Å². The van der Waals surface area contributed by atoms with Crippen molar-refractivity contribution in [3.05, 3.63) is 63.4 Å². The smallest absolute Gasteiger partial charge is 0.419 e. The van der Waals surface area contributed by atoms with Crippen molar-refractivity contribution in [2.24, 2.45) is 0 Å². The lowest BCUT2D eigenvalue weighted by Gasteiger charge is -2.24. The summed E-state index contributed by atoms with van der Waals surface area (Å²) in [5, 5.41) is 15.9. The van der Waals surface area contributed by atoms with E-state index in [0.29, 0.717) is 33.5 Å². The summed E-state index contributed by atoms with van der Waals surface area (Å²) in [7, 11) is 0. The highest BCUT2D eigenvalue weighted by Gasteiger charge is 2.34. The molecule has 1 fully saturated rings. The first-order chi connectivity index (χ1) is 16.3. The van der Waals surface area contributed by atoms with Crippen LogP contribution in [0.1, 0.15) is 29.0 Å². The number of hydrogen-bond donors (Lipinski definition) is 2. The molecule has 0 unspecified atom stereocenters. The van der Waals surface area contributed by atoms with Gasteiger partial charge in [-0.3, -0.25) is 0 Å². The summed E-state index contributed by atoms with van der Waals surface area (Å²) in [5.74, 6) is -0.810. The molecule has 34 heavy (non-hydrogen) atoms. The summed E-state index contributed by atoms with van der Waals surface area (Å²) in [6.07, 6.45) is -2.77. The van der Waals surface area contributed by atoms with Crippen LogP contribution in [0.5, 0.6) is 11.5 Å². The molecule has 0 saturated carbocycles. The molecule has 2 heterocycles. The standard InChI is InChI=1S/C22H21ClF4N4O2S/c23-17-9-13(1-4-19(17)33-14-5-7-28-8-6-14)11-29-21-31-30-20(34-21)12-32-15-2-3-18(24)16(10-15)22(25,26)27/h1-4,9-10,14,28H,5-8,11-12H2,(H,29,31). The summed E-state index contributed by atoms with van der Waals surface area (Å²) in [5.41, 5.74) is -0.461. The molecule has 0 aliphatic carbocycles. The van der Waals surface area contributed by atoms with E-state index in [1.54, 1.807) is 0 Å². The van der Waals surface area contributed by atoms with Crippen LogP contribution >= 0.6 is 22.9 Å². The highest BCUT2D eigenvalue weighted by atomic mass is 35.5. The molecule has 0 spiro atoms. The molecule has 4 rings (SSSR count). The van der Waals surface area contributed by atoms with Crippen molar-refractivity contribution in [1.29, 1.82) is 0 Å². The Hall–Kier alpha value is -2.63. The van der Waals surface area contributed by atoms with Crippen LogP contribution in [0.15, 0.2) is 36.4 Å². The maximum atomic E-state index is 13.4. The van der Waals surface area contributed by atoms with Crippen LogP contribution < -0.4 is 20.1 Å². The number of alkyl halides is 3. The second-order valence-corrected chi connectivity index (χ2v) is 9.08. The van der Waals surface area contributed by atoms with Gasteiger partial charge >= 0.3 is 6.18 Å². The van der Waals surface area contributed by atoms with Crippen LogP contribution in [0, 0.1) is 5.82 Å². The Bertz CT molecular complexity index is 1120. The Balaban J connectivity index is 1.29. The summed E-state index contributed by atoms with van der Waals surface area (Å²) in [4.78, 5) is 0. The predicted molar refractivity (Wildman–Crippen MR) is 121 cm³/mol. The molecule has 6 nitrogen and oxygen atoms in total. The minimum absolute atomic E-state index is 0.100. The number of ether oxygens (including phenoxy) is 2.